The number of anilines is 1. The van der Waals surface area contributed by atoms with Crippen LogP contribution in [0, 0.1) is 0 Å². The topological polar surface area (TPSA) is 80.0 Å². The van der Waals surface area contributed by atoms with E-state index in [1.54, 1.807) is 37.3 Å². The fraction of sp³-hybridized carbons (Fsp3) is 0.286. The van der Waals surface area contributed by atoms with Crippen LogP contribution in [0.4, 0.5) is 5.69 Å². The average molecular weight is 371 g/mol. The van der Waals surface area contributed by atoms with Gasteiger partial charge in [-0.25, -0.2) is 0 Å². The zero-order valence-electron chi connectivity index (χ0n) is 16.3. The fourth-order valence-corrected chi connectivity index (χ4v) is 2.75. The smallest absolute Gasteiger partial charge is 0.204 e. The maximum atomic E-state index is 13.0. The highest BCUT2D eigenvalue weighted by atomic mass is 16.5. The Labute approximate surface area is 159 Å². The number of methoxy groups -OCH3 is 3. The third kappa shape index (κ3) is 4.34. The van der Waals surface area contributed by atoms with Crippen molar-refractivity contribution in [3.63, 3.8) is 0 Å². The number of carbonyl (C=O) groups is 1. The molecule has 0 aliphatic carbocycles. The molecule has 0 aliphatic rings. The molecule has 0 saturated carbocycles. The lowest BCUT2D eigenvalue weighted by Gasteiger charge is -2.15. The number of nitrogen functional groups attached to an aromatic ring is 1. The Bertz CT molecular complexity index is 858. The van der Waals surface area contributed by atoms with Crippen LogP contribution in [0.5, 0.6) is 23.0 Å². The number of ether oxygens (including phenoxy) is 4. The number of allylic oxidation sites excluding steroid dienone is 1. The molecule has 0 fully saturated rings. The Balaban J connectivity index is 2.40. The molecule has 0 heterocycles. The zero-order chi connectivity index (χ0) is 20.0. The highest BCUT2D eigenvalue weighted by Gasteiger charge is 2.21. The molecule has 0 bridgehead atoms. The van der Waals surface area contributed by atoms with Crippen molar-refractivity contribution in [2.45, 2.75) is 13.8 Å². The number of Topliss-reactive ketones (excluding diaryl/α,β-unsaturated/α-hetero) is 1. The van der Waals surface area contributed by atoms with Crippen LogP contribution in [0.1, 0.15) is 29.8 Å². The van der Waals surface area contributed by atoms with Crippen molar-refractivity contribution >= 4 is 17.5 Å². The van der Waals surface area contributed by atoms with E-state index in [0.29, 0.717) is 46.4 Å². The number of rotatable bonds is 8. The average Bonchev–Trinajstić information content (AvgIpc) is 2.68. The van der Waals surface area contributed by atoms with Gasteiger partial charge in [0.15, 0.2) is 17.3 Å². The van der Waals surface area contributed by atoms with Gasteiger partial charge in [0.1, 0.15) is 5.75 Å². The van der Waals surface area contributed by atoms with Crippen molar-refractivity contribution in [1.29, 1.82) is 0 Å². The van der Waals surface area contributed by atoms with E-state index in [2.05, 4.69) is 0 Å². The van der Waals surface area contributed by atoms with Crippen LogP contribution in [-0.2, 0) is 0 Å². The summed E-state index contributed by atoms with van der Waals surface area (Å²) < 4.78 is 21.4. The second-order valence-corrected chi connectivity index (χ2v) is 5.77. The van der Waals surface area contributed by atoms with Crippen molar-refractivity contribution in [1.82, 2.24) is 0 Å². The molecule has 0 spiro atoms. The molecule has 0 radical (unpaired) electrons. The Morgan fingerprint density at radius 2 is 1.67 bits per heavy atom. The second kappa shape index (κ2) is 8.98. The minimum absolute atomic E-state index is 0.180. The van der Waals surface area contributed by atoms with Crippen molar-refractivity contribution in [3.05, 3.63) is 47.0 Å². The molecule has 144 valence electrons. The monoisotopic (exact) mass is 371 g/mol. The molecule has 27 heavy (non-hydrogen) atoms. The van der Waals surface area contributed by atoms with Crippen LogP contribution in [0.2, 0.25) is 0 Å². The van der Waals surface area contributed by atoms with E-state index < -0.39 is 0 Å². The molecule has 0 aliphatic heterocycles. The highest BCUT2D eigenvalue weighted by Crippen LogP contribution is 2.40. The first-order valence-corrected chi connectivity index (χ1v) is 8.51. The first-order chi connectivity index (χ1) is 13.0. The third-order valence-corrected chi connectivity index (χ3v) is 4.02. The lowest BCUT2D eigenvalue weighted by molar-refractivity contribution is 0.103. The van der Waals surface area contributed by atoms with Gasteiger partial charge in [0.2, 0.25) is 5.75 Å². The Morgan fingerprint density at radius 1 is 1.00 bits per heavy atom. The van der Waals surface area contributed by atoms with E-state index in [0.717, 1.165) is 5.56 Å². The summed E-state index contributed by atoms with van der Waals surface area (Å²) in [6, 6.07) is 8.75. The van der Waals surface area contributed by atoms with E-state index in [9.17, 15) is 4.79 Å². The molecule has 0 atom stereocenters. The molecule has 2 rings (SSSR count). The van der Waals surface area contributed by atoms with Gasteiger partial charge >= 0.3 is 0 Å². The van der Waals surface area contributed by atoms with E-state index in [-0.39, 0.29) is 5.78 Å². The Hall–Kier alpha value is -3.15. The standard InChI is InChI=1S/C21H25NO5/c1-6-27-17-9-7-14(12-16(17)22)11-13(2)19(23)15-8-10-18(24-3)21(26-5)20(15)25-4/h7-12H,6,22H2,1-5H3. The molecule has 0 aromatic heterocycles. The normalized spacial score (nSPS) is 11.1. The van der Waals surface area contributed by atoms with Crippen LogP contribution in [0.25, 0.3) is 6.08 Å². The summed E-state index contributed by atoms with van der Waals surface area (Å²) in [7, 11) is 4.51. The Kier molecular flexibility index (Phi) is 6.71. The van der Waals surface area contributed by atoms with E-state index >= 15 is 0 Å². The van der Waals surface area contributed by atoms with Gasteiger partial charge in [-0.2, -0.15) is 0 Å². The summed E-state index contributed by atoms with van der Waals surface area (Å²) in [5.41, 5.74) is 8.25. The Morgan fingerprint density at radius 3 is 2.22 bits per heavy atom. The molecule has 6 nitrogen and oxygen atoms in total. The lowest BCUT2D eigenvalue weighted by atomic mass is 10.0. The summed E-state index contributed by atoms with van der Waals surface area (Å²) in [6.07, 6.45) is 1.77. The minimum atomic E-state index is -0.180. The molecule has 2 aromatic rings. The molecule has 0 amide bonds. The van der Waals surface area contributed by atoms with Gasteiger partial charge in [-0.05, 0) is 55.3 Å². The predicted molar refractivity (Wildman–Crippen MR) is 106 cm³/mol. The van der Waals surface area contributed by atoms with Crippen LogP contribution in [0.3, 0.4) is 0 Å². The van der Waals surface area contributed by atoms with Gasteiger partial charge in [-0.3, -0.25) is 4.79 Å². The number of hydrogen-bond acceptors (Lipinski definition) is 6. The number of nitrogens with two attached hydrogens (primary N) is 1. The van der Waals surface area contributed by atoms with Crippen molar-refractivity contribution in [2.75, 3.05) is 33.7 Å². The summed E-state index contributed by atoms with van der Waals surface area (Å²) >= 11 is 0. The van der Waals surface area contributed by atoms with Crippen LogP contribution < -0.4 is 24.7 Å². The number of hydrogen-bond donors (Lipinski definition) is 1. The molecule has 0 unspecified atom stereocenters. The number of carbonyl (C=O) groups excluding carboxylic acids is 1. The lowest BCUT2D eigenvalue weighted by Crippen LogP contribution is -2.06. The van der Waals surface area contributed by atoms with Crippen LogP contribution in [0.15, 0.2) is 35.9 Å². The number of ketones is 1. The first kappa shape index (κ1) is 20.2. The highest BCUT2D eigenvalue weighted by molar-refractivity contribution is 6.13. The predicted octanol–water partition coefficient (Wildman–Crippen LogP) is 3.98. The van der Waals surface area contributed by atoms with Gasteiger partial charge in [0.05, 0.1) is 39.2 Å². The van der Waals surface area contributed by atoms with E-state index in [1.807, 2.05) is 13.0 Å². The molecule has 2 N–H and O–H groups in total. The summed E-state index contributed by atoms with van der Waals surface area (Å²) in [6.45, 7) is 4.17. The van der Waals surface area contributed by atoms with Crippen molar-refractivity contribution < 1.29 is 23.7 Å². The minimum Gasteiger partial charge on any atom is -0.493 e. The summed E-state index contributed by atoms with van der Waals surface area (Å²) in [5.74, 6) is 1.65. The van der Waals surface area contributed by atoms with Gasteiger partial charge in [0, 0.05) is 0 Å². The zero-order valence-corrected chi connectivity index (χ0v) is 16.3. The van der Waals surface area contributed by atoms with Crippen LogP contribution >= 0.6 is 0 Å². The van der Waals surface area contributed by atoms with Gasteiger partial charge < -0.3 is 24.7 Å². The van der Waals surface area contributed by atoms with Crippen molar-refractivity contribution in [3.8, 4) is 23.0 Å². The van der Waals surface area contributed by atoms with E-state index in [4.69, 9.17) is 24.7 Å². The summed E-state index contributed by atoms with van der Waals surface area (Å²) in [4.78, 5) is 13.0. The van der Waals surface area contributed by atoms with Gasteiger partial charge in [-0.1, -0.05) is 6.07 Å². The summed E-state index contributed by atoms with van der Waals surface area (Å²) in [5, 5.41) is 0. The molecule has 2 aromatic carbocycles. The molecular weight excluding hydrogens is 346 g/mol. The van der Waals surface area contributed by atoms with Crippen LogP contribution in [-0.4, -0.2) is 33.7 Å². The van der Waals surface area contributed by atoms with Gasteiger partial charge in [0.25, 0.3) is 0 Å². The molecule has 0 saturated heterocycles. The first-order valence-electron chi connectivity index (χ1n) is 8.51. The second-order valence-electron chi connectivity index (χ2n) is 5.77. The maximum Gasteiger partial charge on any atom is 0.204 e. The molecule has 6 heteroatoms. The number of benzene rings is 2. The quantitative estimate of drug-likeness (QED) is 0.429. The molecular formula is C21H25NO5. The third-order valence-electron chi connectivity index (χ3n) is 4.02. The fourth-order valence-electron chi connectivity index (χ4n) is 2.75. The van der Waals surface area contributed by atoms with Gasteiger partial charge in [-0.15, -0.1) is 0 Å². The largest absolute Gasteiger partial charge is 0.493 e. The van der Waals surface area contributed by atoms with E-state index in [1.165, 1.54) is 21.3 Å². The SMILES string of the molecule is CCOc1ccc(C=C(C)C(=O)c2ccc(OC)c(OC)c2OC)cc1N. The van der Waals surface area contributed by atoms with Crippen molar-refractivity contribution in [2.24, 2.45) is 0 Å². The maximum absolute atomic E-state index is 13.0.